The summed E-state index contributed by atoms with van der Waals surface area (Å²) in [7, 11) is 0. The zero-order valence-electron chi connectivity index (χ0n) is 16.9. The van der Waals surface area contributed by atoms with Crippen LogP contribution < -0.4 is 15.9 Å². The van der Waals surface area contributed by atoms with Gasteiger partial charge in [0.25, 0.3) is 0 Å². The van der Waals surface area contributed by atoms with Crippen LogP contribution in [-0.4, -0.2) is 5.80 Å². The summed E-state index contributed by atoms with van der Waals surface area (Å²) in [5.74, 6) is 2.59. The molecule has 3 rings (SSSR count). The number of hydrogen-bond acceptors (Lipinski definition) is 0. The quantitative estimate of drug-likeness (QED) is 0.230. The first-order valence-electron chi connectivity index (χ1n) is 10.4. The van der Waals surface area contributed by atoms with Crippen molar-refractivity contribution in [2.75, 3.05) is 0 Å². The van der Waals surface area contributed by atoms with Gasteiger partial charge in [-0.15, -0.1) is 0 Å². The van der Waals surface area contributed by atoms with Crippen molar-refractivity contribution in [3.63, 3.8) is 0 Å². The summed E-state index contributed by atoms with van der Waals surface area (Å²) in [5.41, 5.74) is 0. The van der Waals surface area contributed by atoms with Gasteiger partial charge in [-0.05, 0) is 42.1 Å². The molecule has 0 N–H and O–H groups in total. The van der Waals surface area contributed by atoms with Crippen LogP contribution in [0, 0.1) is 0 Å². The second kappa shape index (κ2) is 10.9. The normalized spacial score (nSPS) is 11.6. The molecule has 0 saturated heterocycles. The average Bonchev–Trinajstić information content (AvgIpc) is 2.78. The third-order valence-electron chi connectivity index (χ3n) is 5.15. The molecule has 0 bridgehead atoms. The van der Waals surface area contributed by atoms with Gasteiger partial charge in [-0.3, -0.25) is 0 Å². The van der Waals surface area contributed by atoms with E-state index in [0.29, 0.717) is 0 Å². The molecule has 0 aliphatic rings. The fourth-order valence-corrected chi connectivity index (χ4v) is 7.59. The maximum absolute atomic E-state index is 2.59. The Labute approximate surface area is 170 Å². The van der Waals surface area contributed by atoms with Crippen molar-refractivity contribution in [2.45, 2.75) is 39.0 Å². The first-order valence-corrected chi connectivity index (χ1v) is 12.3. The Hall–Kier alpha value is -2.30. The molecule has 0 amide bonds. The molecule has 3 aromatic carbocycles. The van der Waals surface area contributed by atoms with Crippen molar-refractivity contribution in [3.05, 3.63) is 103 Å². The molecule has 0 radical (unpaired) electrons. The van der Waals surface area contributed by atoms with Crippen LogP contribution in [0.15, 0.2) is 103 Å². The van der Waals surface area contributed by atoms with Crippen LogP contribution >= 0.6 is 6.89 Å². The SMILES string of the molecule is CCCCC/C=C\CC=P(c1ccccc1)(c1ccccc1)c1ccccc1. The van der Waals surface area contributed by atoms with Gasteiger partial charge in [0.15, 0.2) is 0 Å². The van der Waals surface area contributed by atoms with Crippen LogP contribution in [0.3, 0.4) is 0 Å². The number of unbranched alkanes of at least 4 members (excludes halogenated alkanes) is 3. The van der Waals surface area contributed by atoms with E-state index in [1.807, 2.05) is 0 Å². The summed E-state index contributed by atoms with van der Waals surface area (Å²) >= 11 is 0. The van der Waals surface area contributed by atoms with E-state index in [-0.39, 0.29) is 0 Å². The Morgan fingerprint density at radius 2 is 1.07 bits per heavy atom. The Morgan fingerprint density at radius 3 is 1.50 bits per heavy atom. The van der Waals surface area contributed by atoms with Crippen molar-refractivity contribution in [1.29, 1.82) is 0 Å². The minimum atomic E-state index is -1.79. The molecule has 0 aromatic heterocycles. The molecule has 144 valence electrons. The molecule has 0 atom stereocenters. The van der Waals surface area contributed by atoms with E-state index in [1.54, 1.807) is 0 Å². The summed E-state index contributed by atoms with van der Waals surface area (Å²) in [4.78, 5) is 0. The highest BCUT2D eigenvalue weighted by molar-refractivity contribution is 7.94. The minimum absolute atomic E-state index is 0.999. The number of benzene rings is 3. The maximum Gasteiger partial charge on any atom is -0.0156 e. The van der Waals surface area contributed by atoms with Crippen molar-refractivity contribution >= 4 is 28.6 Å². The molecule has 0 unspecified atom stereocenters. The van der Waals surface area contributed by atoms with Crippen LogP contribution in [-0.2, 0) is 0 Å². The highest BCUT2D eigenvalue weighted by atomic mass is 31.2. The average molecular weight is 387 g/mol. The molecule has 0 saturated carbocycles. The standard InChI is InChI=1S/C27H31P/c1-2-3-4-5-6-7-17-24-28(25-18-11-8-12-19-25,26-20-13-9-14-21-26)27-22-15-10-16-23-27/h6-16,18-24H,2-5,17H2,1H3/b7-6-. The van der Waals surface area contributed by atoms with Gasteiger partial charge in [-0.1, -0.05) is 129 Å². The second-order valence-electron chi connectivity index (χ2n) is 7.11. The number of allylic oxidation sites excluding steroid dienone is 2. The molecule has 0 spiro atoms. The summed E-state index contributed by atoms with van der Waals surface area (Å²) in [5, 5.41) is 4.27. The van der Waals surface area contributed by atoms with E-state index < -0.39 is 6.89 Å². The van der Waals surface area contributed by atoms with Crippen molar-refractivity contribution in [1.82, 2.24) is 0 Å². The molecule has 0 heterocycles. The van der Waals surface area contributed by atoms with Gasteiger partial charge in [0, 0.05) is 0 Å². The minimum Gasteiger partial charge on any atom is -0.0882 e. The van der Waals surface area contributed by atoms with Crippen LogP contribution in [0.2, 0.25) is 0 Å². The highest BCUT2D eigenvalue weighted by Gasteiger charge is 2.23. The first kappa shape index (κ1) is 20.4. The van der Waals surface area contributed by atoms with E-state index >= 15 is 0 Å². The van der Waals surface area contributed by atoms with Gasteiger partial charge in [-0.2, -0.15) is 0 Å². The third kappa shape index (κ3) is 4.94. The fourth-order valence-electron chi connectivity index (χ4n) is 3.70. The van der Waals surface area contributed by atoms with E-state index in [9.17, 15) is 0 Å². The Bertz CT molecular complexity index is 789. The van der Waals surface area contributed by atoms with E-state index in [2.05, 4.69) is 116 Å². The lowest BCUT2D eigenvalue weighted by Gasteiger charge is -2.28. The molecular formula is C27H31P. The second-order valence-corrected chi connectivity index (χ2v) is 10.5. The predicted molar refractivity (Wildman–Crippen MR) is 129 cm³/mol. The van der Waals surface area contributed by atoms with Gasteiger partial charge in [0.2, 0.25) is 0 Å². The van der Waals surface area contributed by atoms with Gasteiger partial charge in [0.05, 0.1) is 0 Å². The molecular weight excluding hydrogens is 355 g/mol. The molecule has 0 nitrogen and oxygen atoms in total. The van der Waals surface area contributed by atoms with Crippen molar-refractivity contribution in [2.24, 2.45) is 0 Å². The molecule has 28 heavy (non-hydrogen) atoms. The van der Waals surface area contributed by atoms with E-state index in [4.69, 9.17) is 0 Å². The molecule has 0 fully saturated rings. The van der Waals surface area contributed by atoms with E-state index in [1.165, 1.54) is 41.6 Å². The van der Waals surface area contributed by atoms with Crippen molar-refractivity contribution < 1.29 is 0 Å². The third-order valence-corrected chi connectivity index (χ3v) is 9.24. The summed E-state index contributed by atoms with van der Waals surface area (Å²) in [6.45, 7) is 0.469. The van der Waals surface area contributed by atoms with Gasteiger partial charge in [0.1, 0.15) is 0 Å². The Kier molecular flexibility index (Phi) is 7.94. The lowest BCUT2D eigenvalue weighted by atomic mass is 10.2. The first-order chi connectivity index (χ1) is 13.9. The largest absolute Gasteiger partial charge is 0.0882 e. The fraction of sp³-hybridized carbons (Fsp3) is 0.222. The molecule has 3 aromatic rings. The lowest BCUT2D eigenvalue weighted by molar-refractivity contribution is 0.729. The van der Waals surface area contributed by atoms with Crippen LogP contribution in [0.25, 0.3) is 0 Å². The highest BCUT2D eigenvalue weighted by Crippen LogP contribution is 2.43. The zero-order chi connectivity index (χ0) is 19.5. The van der Waals surface area contributed by atoms with E-state index in [0.717, 1.165) is 6.42 Å². The predicted octanol–water partition coefficient (Wildman–Crippen LogP) is 6.31. The van der Waals surface area contributed by atoms with Crippen molar-refractivity contribution in [3.8, 4) is 0 Å². The van der Waals surface area contributed by atoms with Gasteiger partial charge < -0.3 is 0 Å². The molecule has 0 aliphatic carbocycles. The zero-order valence-corrected chi connectivity index (χ0v) is 17.8. The van der Waals surface area contributed by atoms with Crippen LogP contribution in [0.1, 0.15) is 39.0 Å². The smallest absolute Gasteiger partial charge is 0.0156 e. The monoisotopic (exact) mass is 386 g/mol. The van der Waals surface area contributed by atoms with Gasteiger partial charge in [-0.25, -0.2) is 0 Å². The van der Waals surface area contributed by atoms with Crippen LogP contribution in [0.4, 0.5) is 0 Å². The Morgan fingerprint density at radius 1 is 0.607 bits per heavy atom. The lowest BCUT2D eigenvalue weighted by Crippen LogP contribution is -2.26. The maximum atomic E-state index is 2.59. The van der Waals surface area contributed by atoms with Gasteiger partial charge >= 0.3 is 0 Å². The number of rotatable bonds is 9. The summed E-state index contributed by atoms with van der Waals surface area (Å²) in [6, 6.07) is 33.2. The summed E-state index contributed by atoms with van der Waals surface area (Å²) in [6.07, 6.45) is 10.8. The summed E-state index contributed by atoms with van der Waals surface area (Å²) < 4.78 is 0. The van der Waals surface area contributed by atoms with Crippen LogP contribution in [0.5, 0.6) is 0 Å². The Balaban J connectivity index is 2.08. The molecule has 1 heteroatoms. The topological polar surface area (TPSA) is 0 Å². The number of hydrogen-bond donors (Lipinski definition) is 0. The molecule has 0 aliphatic heterocycles.